The average molecular weight is 200 g/mol. The van der Waals surface area contributed by atoms with Crippen molar-refractivity contribution in [1.29, 1.82) is 0 Å². The standard InChI is InChI=1S/C9H14ClNSi/c1-3-11(12-10)9-7-5-4-6-8(9)2/h4-7H,3,12H2,1-2H3. The van der Waals surface area contributed by atoms with Gasteiger partial charge in [0.05, 0.1) is 0 Å². The first kappa shape index (κ1) is 9.61. The van der Waals surface area contributed by atoms with Gasteiger partial charge in [0, 0.05) is 12.2 Å². The fourth-order valence-corrected chi connectivity index (χ4v) is 2.78. The Hall–Kier alpha value is -0.473. The highest BCUT2D eigenvalue weighted by atomic mass is 35.6. The molecule has 1 rings (SSSR count). The highest BCUT2D eigenvalue weighted by Crippen LogP contribution is 2.18. The van der Waals surface area contributed by atoms with E-state index in [1.54, 1.807) is 0 Å². The fourth-order valence-electron chi connectivity index (χ4n) is 1.24. The molecule has 0 atom stereocenters. The Morgan fingerprint density at radius 3 is 2.58 bits per heavy atom. The van der Waals surface area contributed by atoms with Gasteiger partial charge in [0.2, 0.25) is 8.99 Å². The van der Waals surface area contributed by atoms with Gasteiger partial charge in [0.1, 0.15) is 0 Å². The van der Waals surface area contributed by atoms with Gasteiger partial charge in [-0.05, 0) is 25.5 Å². The number of hydrogen-bond donors (Lipinski definition) is 0. The van der Waals surface area contributed by atoms with Gasteiger partial charge in [0.25, 0.3) is 0 Å². The third kappa shape index (κ3) is 2.02. The van der Waals surface area contributed by atoms with Crippen LogP contribution in [0, 0.1) is 6.92 Å². The minimum absolute atomic E-state index is 0.586. The summed E-state index contributed by atoms with van der Waals surface area (Å²) in [6, 6.07) is 8.38. The molecule has 0 aliphatic heterocycles. The Kier molecular flexibility index (Phi) is 3.63. The second-order valence-corrected chi connectivity index (χ2v) is 4.48. The summed E-state index contributed by atoms with van der Waals surface area (Å²) in [6.07, 6.45) is 0. The van der Waals surface area contributed by atoms with Crippen LogP contribution in [0.5, 0.6) is 0 Å². The summed E-state index contributed by atoms with van der Waals surface area (Å²) in [5, 5.41) is 0. The number of benzene rings is 1. The molecule has 1 aromatic carbocycles. The van der Waals surface area contributed by atoms with Crippen molar-refractivity contribution in [2.45, 2.75) is 13.8 Å². The number of rotatable bonds is 3. The number of aryl methyl sites for hydroxylation is 1. The molecule has 0 amide bonds. The van der Waals surface area contributed by atoms with Crippen LogP contribution in [-0.4, -0.2) is 15.5 Å². The Balaban J connectivity index is 2.92. The quantitative estimate of drug-likeness (QED) is 0.532. The summed E-state index contributed by atoms with van der Waals surface area (Å²) in [4.78, 5) is 0. The van der Waals surface area contributed by atoms with Gasteiger partial charge in [-0.1, -0.05) is 18.2 Å². The topological polar surface area (TPSA) is 3.24 Å². The number of halogens is 1. The molecule has 0 unspecified atom stereocenters. The predicted octanol–water partition coefficient (Wildman–Crippen LogP) is 2.06. The summed E-state index contributed by atoms with van der Waals surface area (Å²) in [7, 11) is -0.586. The molecule has 66 valence electrons. The smallest absolute Gasteiger partial charge is 0.224 e. The summed E-state index contributed by atoms with van der Waals surface area (Å²) < 4.78 is 2.27. The lowest BCUT2D eigenvalue weighted by Gasteiger charge is -2.21. The average Bonchev–Trinajstić information content (AvgIpc) is 2.10. The molecule has 0 aliphatic carbocycles. The lowest BCUT2D eigenvalue weighted by atomic mass is 10.2. The van der Waals surface area contributed by atoms with Crippen LogP contribution in [0.25, 0.3) is 0 Å². The van der Waals surface area contributed by atoms with E-state index in [2.05, 4.69) is 42.7 Å². The van der Waals surface area contributed by atoms with E-state index in [-0.39, 0.29) is 0 Å². The van der Waals surface area contributed by atoms with Crippen LogP contribution in [0.4, 0.5) is 5.69 Å². The Morgan fingerprint density at radius 1 is 1.42 bits per heavy atom. The first-order valence-electron chi connectivity index (χ1n) is 4.16. The maximum absolute atomic E-state index is 5.94. The second kappa shape index (κ2) is 4.53. The molecule has 12 heavy (non-hydrogen) atoms. The first-order chi connectivity index (χ1) is 5.79. The van der Waals surface area contributed by atoms with E-state index in [9.17, 15) is 0 Å². The maximum Gasteiger partial charge on any atom is 0.224 e. The van der Waals surface area contributed by atoms with E-state index >= 15 is 0 Å². The molecule has 0 bridgehead atoms. The third-order valence-corrected chi connectivity index (χ3v) is 3.92. The molecule has 1 nitrogen and oxygen atoms in total. The molecule has 0 saturated carbocycles. The second-order valence-electron chi connectivity index (χ2n) is 2.76. The Morgan fingerprint density at radius 2 is 2.08 bits per heavy atom. The van der Waals surface area contributed by atoms with Crippen LogP contribution in [0.15, 0.2) is 24.3 Å². The van der Waals surface area contributed by atoms with Crippen LogP contribution in [-0.2, 0) is 0 Å². The van der Waals surface area contributed by atoms with Crippen molar-refractivity contribution in [1.82, 2.24) is 0 Å². The Labute approximate surface area is 80.9 Å². The van der Waals surface area contributed by atoms with Crippen LogP contribution in [0.3, 0.4) is 0 Å². The van der Waals surface area contributed by atoms with Crippen molar-refractivity contribution >= 4 is 25.8 Å². The highest BCUT2D eigenvalue weighted by Gasteiger charge is 2.03. The zero-order valence-corrected chi connectivity index (χ0v) is 9.72. The molecule has 0 saturated heterocycles. The third-order valence-electron chi connectivity index (χ3n) is 1.98. The SMILES string of the molecule is CCN([SiH2]Cl)c1ccccc1C. The van der Waals surface area contributed by atoms with Crippen LogP contribution >= 0.6 is 11.1 Å². The van der Waals surface area contributed by atoms with Crippen molar-refractivity contribution in [3.05, 3.63) is 29.8 Å². The molecule has 0 spiro atoms. The van der Waals surface area contributed by atoms with E-state index in [0.717, 1.165) is 6.54 Å². The minimum atomic E-state index is -0.586. The molecule has 0 fully saturated rings. The van der Waals surface area contributed by atoms with Gasteiger partial charge in [-0.2, -0.15) is 0 Å². The van der Waals surface area contributed by atoms with Gasteiger partial charge in [-0.25, -0.2) is 0 Å². The monoisotopic (exact) mass is 199 g/mol. The minimum Gasteiger partial charge on any atom is -0.390 e. The van der Waals surface area contributed by atoms with Crippen molar-refractivity contribution < 1.29 is 0 Å². The van der Waals surface area contributed by atoms with E-state index < -0.39 is 8.99 Å². The lowest BCUT2D eigenvalue weighted by Crippen LogP contribution is -2.24. The molecular formula is C9H14ClNSi. The summed E-state index contributed by atoms with van der Waals surface area (Å²) in [5.74, 6) is 0. The van der Waals surface area contributed by atoms with Gasteiger partial charge in [-0.15, -0.1) is 11.1 Å². The van der Waals surface area contributed by atoms with Crippen LogP contribution < -0.4 is 4.57 Å². The molecular weight excluding hydrogens is 186 g/mol. The van der Waals surface area contributed by atoms with Crippen molar-refractivity contribution in [2.24, 2.45) is 0 Å². The van der Waals surface area contributed by atoms with E-state index in [4.69, 9.17) is 11.1 Å². The van der Waals surface area contributed by atoms with Gasteiger partial charge in [-0.3, -0.25) is 0 Å². The number of hydrogen-bond acceptors (Lipinski definition) is 1. The number of nitrogens with zero attached hydrogens (tertiary/aromatic N) is 1. The zero-order chi connectivity index (χ0) is 8.97. The lowest BCUT2D eigenvalue weighted by molar-refractivity contribution is 1.09. The molecule has 0 N–H and O–H groups in total. The fraction of sp³-hybridized carbons (Fsp3) is 0.333. The van der Waals surface area contributed by atoms with E-state index in [0.29, 0.717) is 0 Å². The largest absolute Gasteiger partial charge is 0.390 e. The highest BCUT2D eigenvalue weighted by molar-refractivity contribution is 6.95. The van der Waals surface area contributed by atoms with E-state index in [1.165, 1.54) is 11.3 Å². The van der Waals surface area contributed by atoms with Gasteiger partial charge >= 0.3 is 0 Å². The summed E-state index contributed by atoms with van der Waals surface area (Å²) >= 11 is 5.94. The number of para-hydroxylation sites is 1. The van der Waals surface area contributed by atoms with E-state index in [1.807, 2.05) is 0 Å². The van der Waals surface area contributed by atoms with Crippen LogP contribution in [0.1, 0.15) is 12.5 Å². The van der Waals surface area contributed by atoms with Crippen LogP contribution in [0.2, 0.25) is 0 Å². The molecule has 3 heteroatoms. The molecule has 0 radical (unpaired) electrons. The summed E-state index contributed by atoms with van der Waals surface area (Å²) in [5.41, 5.74) is 2.61. The molecule has 1 aromatic rings. The summed E-state index contributed by atoms with van der Waals surface area (Å²) in [6.45, 7) is 5.28. The zero-order valence-electron chi connectivity index (χ0n) is 7.55. The molecule has 0 aromatic heterocycles. The number of anilines is 1. The molecule has 0 aliphatic rings. The first-order valence-corrected chi connectivity index (χ1v) is 6.93. The predicted molar refractivity (Wildman–Crippen MR) is 58.6 cm³/mol. The van der Waals surface area contributed by atoms with Crippen molar-refractivity contribution in [2.75, 3.05) is 11.1 Å². The van der Waals surface area contributed by atoms with Gasteiger partial charge in [0.15, 0.2) is 0 Å². The normalized spacial score (nSPS) is 10.9. The van der Waals surface area contributed by atoms with Gasteiger partial charge < -0.3 is 4.57 Å². The van der Waals surface area contributed by atoms with Crippen molar-refractivity contribution in [3.8, 4) is 0 Å². The molecule has 0 heterocycles. The van der Waals surface area contributed by atoms with Crippen molar-refractivity contribution in [3.63, 3.8) is 0 Å². The Bertz CT molecular complexity index is 248. The maximum atomic E-state index is 5.94.